The van der Waals surface area contributed by atoms with Crippen LogP contribution in [0, 0.1) is 5.92 Å². The van der Waals surface area contributed by atoms with E-state index < -0.39 is 5.97 Å². The Balaban J connectivity index is 2.20. The summed E-state index contributed by atoms with van der Waals surface area (Å²) in [6, 6.07) is 4.83. The average molecular weight is 240 g/mol. The molecule has 16 heavy (non-hydrogen) atoms. The lowest BCUT2D eigenvalue weighted by atomic mass is 9.96. The molecule has 0 spiro atoms. The van der Waals surface area contributed by atoms with Crippen LogP contribution < -0.4 is 4.90 Å². The monoisotopic (exact) mass is 239 g/mol. The minimum atomic E-state index is -0.912. The molecule has 0 amide bonds. The molecular formula is C12H14ClNO2. The van der Waals surface area contributed by atoms with E-state index in [9.17, 15) is 4.79 Å². The topological polar surface area (TPSA) is 40.5 Å². The van der Waals surface area contributed by atoms with Crippen molar-refractivity contribution in [3.8, 4) is 0 Å². The summed E-state index contributed by atoms with van der Waals surface area (Å²) in [5.41, 5.74) is 1.13. The van der Waals surface area contributed by atoms with Gasteiger partial charge in [-0.15, -0.1) is 0 Å². The zero-order chi connectivity index (χ0) is 11.7. The predicted octanol–water partition coefficient (Wildman–Crippen LogP) is 2.88. The van der Waals surface area contributed by atoms with Crippen LogP contribution in [0.2, 0.25) is 5.02 Å². The van der Waals surface area contributed by atoms with E-state index in [-0.39, 0.29) is 0 Å². The van der Waals surface area contributed by atoms with Crippen molar-refractivity contribution < 1.29 is 9.90 Å². The van der Waals surface area contributed by atoms with Gasteiger partial charge in [0.1, 0.15) is 0 Å². The molecule has 0 aliphatic carbocycles. The van der Waals surface area contributed by atoms with Gasteiger partial charge < -0.3 is 10.0 Å². The fraction of sp³-hybridized carbons (Fsp3) is 0.417. The van der Waals surface area contributed by atoms with Crippen LogP contribution in [0.1, 0.15) is 23.7 Å². The summed E-state index contributed by atoms with van der Waals surface area (Å²) in [4.78, 5) is 13.0. The Kier molecular flexibility index (Phi) is 3.06. The summed E-state index contributed by atoms with van der Waals surface area (Å²) in [7, 11) is 0. The van der Waals surface area contributed by atoms with Crippen molar-refractivity contribution in [1.82, 2.24) is 0 Å². The minimum Gasteiger partial charge on any atom is -0.478 e. The van der Waals surface area contributed by atoms with Gasteiger partial charge in [0.05, 0.1) is 16.3 Å². The first kappa shape index (κ1) is 11.3. The second-order valence-corrected chi connectivity index (χ2v) is 4.56. The molecule has 0 aromatic heterocycles. The van der Waals surface area contributed by atoms with Gasteiger partial charge in [-0.3, -0.25) is 0 Å². The van der Waals surface area contributed by atoms with Crippen LogP contribution in [0.4, 0.5) is 5.69 Å². The number of halogens is 1. The van der Waals surface area contributed by atoms with Crippen LogP contribution in [0.25, 0.3) is 0 Å². The first-order valence-corrected chi connectivity index (χ1v) is 5.77. The summed E-state index contributed by atoms with van der Waals surface area (Å²) in [5, 5.41) is 9.53. The number of carbonyl (C=O) groups is 1. The highest BCUT2D eigenvalue weighted by Crippen LogP contribution is 2.33. The lowest BCUT2D eigenvalue weighted by Gasteiger charge is -2.41. The normalized spacial score (nSPS) is 16.0. The van der Waals surface area contributed by atoms with Gasteiger partial charge in [-0.1, -0.05) is 18.5 Å². The fourth-order valence-corrected chi connectivity index (χ4v) is 2.15. The van der Waals surface area contributed by atoms with E-state index in [1.807, 2.05) is 0 Å². The molecule has 2 rings (SSSR count). The van der Waals surface area contributed by atoms with E-state index in [1.54, 1.807) is 12.1 Å². The fourth-order valence-electron chi connectivity index (χ4n) is 1.91. The molecule has 0 unspecified atom stereocenters. The van der Waals surface area contributed by atoms with Gasteiger partial charge >= 0.3 is 5.97 Å². The lowest BCUT2D eigenvalue weighted by molar-refractivity contribution is 0.0697. The van der Waals surface area contributed by atoms with E-state index in [2.05, 4.69) is 11.8 Å². The second-order valence-electron chi connectivity index (χ2n) is 4.15. The molecular weight excluding hydrogens is 226 g/mol. The molecule has 1 aromatic rings. The third-order valence-electron chi connectivity index (χ3n) is 3.07. The van der Waals surface area contributed by atoms with Crippen molar-refractivity contribution in [1.29, 1.82) is 0 Å². The molecule has 86 valence electrons. The van der Waals surface area contributed by atoms with Gasteiger partial charge in [0.25, 0.3) is 0 Å². The van der Waals surface area contributed by atoms with Gasteiger partial charge in [0, 0.05) is 13.1 Å². The summed E-state index contributed by atoms with van der Waals surface area (Å²) < 4.78 is 0. The van der Waals surface area contributed by atoms with Crippen LogP contribution in [0.3, 0.4) is 0 Å². The Morgan fingerprint density at radius 2 is 2.25 bits per heavy atom. The first-order valence-electron chi connectivity index (χ1n) is 5.39. The van der Waals surface area contributed by atoms with E-state index in [4.69, 9.17) is 16.7 Å². The Labute approximate surface area is 99.6 Å². The summed E-state index contributed by atoms with van der Waals surface area (Å²) >= 11 is 6.06. The van der Waals surface area contributed by atoms with Crippen LogP contribution in [-0.2, 0) is 0 Å². The van der Waals surface area contributed by atoms with Crippen LogP contribution in [0.15, 0.2) is 18.2 Å². The number of anilines is 1. The number of hydrogen-bond acceptors (Lipinski definition) is 2. The Hall–Kier alpha value is -1.22. The van der Waals surface area contributed by atoms with E-state index in [0.717, 1.165) is 25.2 Å². The molecule has 4 heteroatoms. The number of carboxylic acid groups (broad SMARTS) is 1. The maximum absolute atomic E-state index is 10.9. The minimum absolute atomic E-state index is 0.291. The second kappa shape index (κ2) is 4.34. The van der Waals surface area contributed by atoms with Gasteiger partial charge in [-0.25, -0.2) is 4.79 Å². The molecule has 0 radical (unpaired) electrons. The predicted molar refractivity (Wildman–Crippen MR) is 64.4 cm³/mol. The van der Waals surface area contributed by atoms with Crippen LogP contribution >= 0.6 is 11.6 Å². The van der Waals surface area contributed by atoms with Crippen molar-refractivity contribution in [2.24, 2.45) is 5.92 Å². The average Bonchev–Trinajstić information content (AvgIpc) is 2.18. The Morgan fingerprint density at radius 1 is 1.56 bits per heavy atom. The standard InChI is InChI=1S/C12H14ClNO2/c1-2-8-6-14(7-8)11-5-9(12(15)16)3-4-10(11)13/h3-5,8H,2,6-7H2,1H3,(H,15,16). The van der Waals surface area contributed by atoms with Gasteiger partial charge in [0.2, 0.25) is 0 Å². The van der Waals surface area contributed by atoms with Crippen molar-refractivity contribution in [2.75, 3.05) is 18.0 Å². The molecule has 1 fully saturated rings. The van der Waals surface area contributed by atoms with Gasteiger partial charge in [0.15, 0.2) is 0 Å². The van der Waals surface area contributed by atoms with Gasteiger partial charge in [-0.2, -0.15) is 0 Å². The molecule has 1 saturated heterocycles. The number of hydrogen-bond donors (Lipinski definition) is 1. The van der Waals surface area contributed by atoms with Crippen LogP contribution in [0.5, 0.6) is 0 Å². The maximum atomic E-state index is 10.9. The first-order chi connectivity index (χ1) is 7.61. The van der Waals surface area contributed by atoms with E-state index in [1.165, 1.54) is 6.07 Å². The highest BCUT2D eigenvalue weighted by molar-refractivity contribution is 6.33. The van der Waals surface area contributed by atoms with E-state index >= 15 is 0 Å². The highest BCUT2D eigenvalue weighted by atomic mass is 35.5. The molecule has 1 N–H and O–H groups in total. The number of carboxylic acids is 1. The molecule has 3 nitrogen and oxygen atoms in total. The van der Waals surface area contributed by atoms with Crippen LogP contribution in [-0.4, -0.2) is 24.2 Å². The molecule has 1 heterocycles. The summed E-state index contributed by atoms with van der Waals surface area (Å²) in [6.07, 6.45) is 1.16. The molecule has 0 saturated carbocycles. The third-order valence-corrected chi connectivity index (χ3v) is 3.39. The molecule has 1 aliphatic heterocycles. The van der Waals surface area contributed by atoms with Crippen molar-refractivity contribution in [3.63, 3.8) is 0 Å². The SMILES string of the molecule is CCC1CN(c2cc(C(=O)O)ccc2Cl)C1. The quantitative estimate of drug-likeness (QED) is 0.882. The molecule has 1 aliphatic rings. The molecule has 0 bridgehead atoms. The Morgan fingerprint density at radius 3 is 2.81 bits per heavy atom. The highest BCUT2D eigenvalue weighted by Gasteiger charge is 2.27. The zero-order valence-corrected chi connectivity index (χ0v) is 9.87. The summed E-state index contributed by atoms with van der Waals surface area (Å²) in [6.45, 7) is 4.11. The number of nitrogens with zero attached hydrogens (tertiary/aromatic N) is 1. The Bertz CT molecular complexity index is 413. The number of benzene rings is 1. The van der Waals surface area contributed by atoms with Crippen molar-refractivity contribution in [3.05, 3.63) is 28.8 Å². The maximum Gasteiger partial charge on any atom is 0.335 e. The van der Waals surface area contributed by atoms with E-state index in [0.29, 0.717) is 16.5 Å². The van der Waals surface area contributed by atoms with Crippen molar-refractivity contribution in [2.45, 2.75) is 13.3 Å². The lowest BCUT2D eigenvalue weighted by Crippen LogP contribution is -2.46. The van der Waals surface area contributed by atoms with Crippen molar-refractivity contribution >= 4 is 23.3 Å². The molecule has 0 atom stereocenters. The molecule has 1 aromatic carbocycles. The number of aromatic carboxylic acids is 1. The largest absolute Gasteiger partial charge is 0.478 e. The smallest absolute Gasteiger partial charge is 0.335 e. The van der Waals surface area contributed by atoms with Gasteiger partial charge in [-0.05, 0) is 30.5 Å². The number of rotatable bonds is 3. The third kappa shape index (κ3) is 2.00. The summed E-state index contributed by atoms with van der Waals surface area (Å²) in [5.74, 6) is -0.199. The zero-order valence-electron chi connectivity index (χ0n) is 9.11.